The molecule has 0 aromatic carbocycles. The van der Waals surface area contributed by atoms with Crippen LogP contribution in [0.3, 0.4) is 0 Å². The van der Waals surface area contributed by atoms with Crippen LogP contribution >= 0.6 is 0 Å². The van der Waals surface area contributed by atoms with Gasteiger partial charge in [0.05, 0.1) is 19.8 Å². The summed E-state index contributed by atoms with van der Waals surface area (Å²) in [5, 5.41) is 3.05. The first kappa shape index (κ1) is 17.3. The van der Waals surface area contributed by atoms with Gasteiger partial charge in [0.25, 0.3) is 0 Å². The zero-order valence-corrected chi connectivity index (χ0v) is 11.7. The molecule has 0 atom stereocenters. The lowest BCUT2D eigenvalue weighted by molar-refractivity contribution is -0.131. The summed E-state index contributed by atoms with van der Waals surface area (Å²) < 4.78 is 14.9. The van der Waals surface area contributed by atoms with Gasteiger partial charge < -0.3 is 24.4 Å². The fourth-order valence-corrected chi connectivity index (χ4v) is 1.44. The molecule has 0 fully saturated rings. The van der Waals surface area contributed by atoms with Gasteiger partial charge in [0.1, 0.15) is 0 Å². The highest BCUT2D eigenvalue weighted by molar-refractivity contribution is 5.78. The van der Waals surface area contributed by atoms with Gasteiger partial charge in [0.2, 0.25) is 5.91 Å². The van der Waals surface area contributed by atoms with Crippen LogP contribution in [-0.4, -0.2) is 78.1 Å². The smallest absolute Gasteiger partial charge is 0.236 e. The molecule has 0 rings (SSSR count). The maximum atomic E-state index is 11.9. The minimum Gasteiger partial charge on any atom is -0.385 e. The largest absolute Gasteiger partial charge is 0.385 e. The molecule has 0 heterocycles. The van der Waals surface area contributed by atoms with Gasteiger partial charge in [-0.2, -0.15) is 0 Å². The Balaban J connectivity index is 3.89. The molecule has 0 saturated heterocycles. The van der Waals surface area contributed by atoms with Crippen molar-refractivity contribution in [2.24, 2.45) is 0 Å². The molecule has 0 spiro atoms. The van der Waals surface area contributed by atoms with Crippen LogP contribution < -0.4 is 5.32 Å². The van der Waals surface area contributed by atoms with Crippen LogP contribution in [0.15, 0.2) is 0 Å². The van der Waals surface area contributed by atoms with Crippen LogP contribution in [0.25, 0.3) is 0 Å². The molecule has 0 aromatic rings. The van der Waals surface area contributed by atoms with E-state index in [2.05, 4.69) is 5.32 Å². The summed E-state index contributed by atoms with van der Waals surface area (Å²) in [4.78, 5) is 13.7. The van der Waals surface area contributed by atoms with Crippen molar-refractivity contribution in [1.82, 2.24) is 10.2 Å². The average molecular weight is 262 g/mol. The van der Waals surface area contributed by atoms with Crippen LogP contribution in [0.2, 0.25) is 0 Å². The standard InChI is InChI=1S/C12H26N2O4/c1-16-8-4-6-14(7-10-18-3)12(15)11-13-5-9-17-2/h13H,4-11H2,1-3H3. The maximum absolute atomic E-state index is 11.9. The number of hydrogen-bond donors (Lipinski definition) is 1. The lowest BCUT2D eigenvalue weighted by Crippen LogP contribution is -2.41. The third-order valence-corrected chi connectivity index (χ3v) is 2.45. The highest BCUT2D eigenvalue weighted by Gasteiger charge is 2.12. The van der Waals surface area contributed by atoms with E-state index in [9.17, 15) is 4.79 Å². The molecule has 0 unspecified atom stereocenters. The second-order valence-corrected chi connectivity index (χ2v) is 3.89. The van der Waals surface area contributed by atoms with Crippen molar-refractivity contribution in [3.63, 3.8) is 0 Å². The predicted octanol–water partition coefficient (Wildman–Crippen LogP) is -0.266. The Morgan fingerprint density at radius 1 is 1.00 bits per heavy atom. The summed E-state index contributed by atoms with van der Waals surface area (Å²) >= 11 is 0. The molecule has 0 radical (unpaired) electrons. The van der Waals surface area contributed by atoms with E-state index in [4.69, 9.17) is 14.2 Å². The number of methoxy groups -OCH3 is 3. The van der Waals surface area contributed by atoms with E-state index in [1.54, 1.807) is 26.2 Å². The lowest BCUT2D eigenvalue weighted by atomic mass is 10.3. The molecule has 6 heteroatoms. The van der Waals surface area contributed by atoms with Gasteiger partial charge in [-0.3, -0.25) is 4.79 Å². The fraction of sp³-hybridized carbons (Fsp3) is 0.917. The topological polar surface area (TPSA) is 60.0 Å². The number of ether oxygens (including phenoxy) is 3. The van der Waals surface area contributed by atoms with Crippen LogP contribution in [-0.2, 0) is 19.0 Å². The molecule has 0 saturated carbocycles. The molecule has 1 amide bonds. The van der Waals surface area contributed by atoms with Gasteiger partial charge >= 0.3 is 0 Å². The van der Waals surface area contributed by atoms with Gasteiger partial charge in [0, 0.05) is 47.6 Å². The van der Waals surface area contributed by atoms with Gasteiger partial charge in [-0.1, -0.05) is 0 Å². The molecule has 0 aliphatic heterocycles. The van der Waals surface area contributed by atoms with Crippen molar-refractivity contribution < 1.29 is 19.0 Å². The third-order valence-electron chi connectivity index (χ3n) is 2.45. The number of nitrogens with one attached hydrogen (secondary N) is 1. The first-order valence-electron chi connectivity index (χ1n) is 6.21. The van der Waals surface area contributed by atoms with Crippen LogP contribution in [0.4, 0.5) is 0 Å². The van der Waals surface area contributed by atoms with Crippen molar-refractivity contribution in [2.45, 2.75) is 6.42 Å². The summed E-state index contributed by atoms with van der Waals surface area (Å²) in [7, 11) is 4.93. The molecule has 0 aromatic heterocycles. The van der Waals surface area contributed by atoms with Crippen molar-refractivity contribution in [3.8, 4) is 0 Å². The van der Waals surface area contributed by atoms with Crippen LogP contribution in [0.1, 0.15) is 6.42 Å². The number of rotatable bonds is 12. The van der Waals surface area contributed by atoms with Gasteiger partial charge in [0.15, 0.2) is 0 Å². The first-order valence-corrected chi connectivity index (χ1v) is 6.21. The SMILES string of the molecule is COCCCN(CCOC)C(=O)CNCCOC. The van der Waals surface area contributed by atoms with E-state index in [0.717, 1.165) is 6.42 Å². The predicted molar refractivity (Wildman–Crippen MR) is 69.7 cm³/mol. The Kier molecular flexibility index (Phi) is 12.3. The summed E-state index contributed by atoms with van der Waals surface area (Å²) in [5.74, 6) is 0.0826. The minimum atomic E-state index is 0.0826. The molecular formula is C12H26N2O4. The van der Waals surface area contributed by atoms with Gasteiger partial charge in [-0.25, -0.2) is 0 Å². The van der Waals surface area contributed by atoms with E-state index in [1.165, 1.54) is 0 Å². The molecule has 1 N–H and O–H groups in total. The van der Waals surface area contributed by atoms with Crippen molar-refractivity contribution in [3.05, 3.63) is 0 Å². The Hall–Kier alpha value is -0.690. The molecule has 0 aliphatic rings. The quantitative estimate of drug-likeness (QED) is 0.491. The second kappa shape index (κ2) is 12.8. The Bertz CT molecular complexity index is 203. The number of nitrogens with zero attached hydrogens (tertiary/aromatic N) is 1. The van der Waals surface area contributed by atoms with Crippen LogP contribution in [0, 0.1) is 0 Å². The Morgan fingerprint density at radius 3 is 2.28 bits per heavy atom. The van der Waals surface area contributed by atoms with Crippen molar-refractivity contribution in [2.75, 3.05) is 67.3 Å². The Morgan fingerprint density at radius 2 is 1.67 bits per heavy atom. The summed E-state index contributed by atoms with van der Waals surface area (Å²) in [6.45, 7) is 4.14. The number of amides is 1. The van der Waals surface area contributed by atoms with E-state index in [-0.39, 0.29) is 5.91 Å². The van der Waals surface area contributed by atoms with Crippen molar-refractivity contribution >= 4 is 5.91 Å². The second-order valence-electron chi connectivity index (χ2n) is 3.89. The normalized spacial score (nSPS) is 10.6. The van der Waals surface area contributed by atoms with Gasteiger partial charge in [-0.05, 0) is 6.42 Å². The van der Waals surface area contributed by atoms with E-state index < -0.39 is 0 Å². The molecule has 0 bridgehead atoms. The van der Waals surface area contributed by atoms with Crippen LogP contribution in [0.5, 0.6) is 0 Å². The highest BCUT2D eigenvalue weighted by atomic mass is 16.5. The maximum Gasteiger partial charge on any atom is 0.236 e. The number of carbonyl (C=O) groups is 1. The summed E-state index contributed by atoms with van der Waals surface area (Å²) in [6.07, 6.45) is 0.837. The highest BCUT2D eigenvalue weighted by Crippen LogP contribution is 1.94. The minimum absolute atomic E-state index is 0.0826. The lowest BCUT2D eigenvalue weighted by Gasteiger charge is -2.22. The van der Waals surface area contributed by atoms with Gasteiger partial charge in [-0.15, -0.1) is 0 Å². The summed E-state index contributed by atoms with van der Waals surface area (Å²) in [6, 6.07) is 0. The monoisotopic (exact) mass is 262 g/mol. The van der Waals surface area contributed by atoms with E-state index in [0.29, 0.717) is 46.0 Å². The Labute approximate surface area is 110 Å². The molecule has 0 aliphatic carbocycles. The molecular weight excluding hydrogens is 236 g/mol. The zero-order chi connectivity index (χ0) is 13.6. The summed E-state index contributed by atoms with van der Waals surface area (Å²) in [5.41, 5.74) is 0. The van der Waals surface area contributed by atoms with E-state index in [1.807, 2.05) is 0 Å². The first-order chi connectivity index (χ1) is 8.76. The molecule has 108 valence electrons. The van der Waals surface area contributed by atoms with Crippen molar-refractivity contribution in [1.29, 1.82) is 0 Å². The third kappa shape index (κ3) is 9.35. The fourth-order valence-electron chi connectivity index (χ4n) is 1.44. The molecule has 18 heavy (non-hydrogen) atoms. The number of carbonyl (C=O) groups excluding carboxylic acids is 1. The average Bonchev–Trinajstić information content (AvgIpc) is 2.38. The molecule has 6 nitrogen and oxygen atoms in total. The zero-order valence-electron chi connectivity index (χ0n) is 11.7. The number of hydrogen-bond acceptors (Lipinski definition) is 5. The van der Waals surface area contributed by atoms with E-state index >= 15 is 0 Å².